The summed E-state index contributed by atoms with van der Waals surface area (Å²) in [6.45, 7) is 2.93. The van der Waals surface area contributed by atoms with Gasteiger partial charge in [0.25, 0.3) is 0 Å². The summed E-state index contributed by atoms with van der Waals surface area (Å²) in [5.74, 6) is -0.153. The summed E-state index contributed by atoms with van der Waals surface area (Å²) in [6.07, 6.45) is 0. The number of rotatable bonds is 3. The van der Waals surface area contributed by atoms with E-state index in [1.807, 2.05) is 0 Å². The second kappa shape index (κ2) is 4.68. The lowest BCUT2D eigenvalue weighted by Gasteiger charge is -2.31. The van der Waals surface area contributed by atoms with Crippen LogP contribution in [0.15, 0.2) is 4.42 Å². The Hall–Kier alpha value is -1.67. The fourth-order valence-electron chi connectivity index (χ4n) is 1.59. The van der Waals surface area contributed by atoms with Crippen molar-refractivity contribution < 1.29 is 13.9 Å². The van der Waals surface area contributed by atoms with Gasteiger partial charge >= 0.3 is 6.01 Å². The van der Waals surface area contributed by atoms with Crippen molar-refractivity contribution in [3.63, 3.8) is 0 Å². The minimum atomic E-state index is -0.579. The van der Waals surface area contributed by atoms with Gasteiger partial charge in [-0.1, -0.05) is 5.10 Å². The van der Waals surface area contributed by atoms with Crippen LogP contribution in [0, 0.1) is 0 Å². The average molecular weight is 241 g/mol. The van der Waals surface area contributed by atoms with Crippen LogP contribution in [-0.4, -0.2) is 41.9 Å². The smallest absolute Gasteiger partial charge is 0.319 e. The Morgan fingerprint density at radius 3 is 2.94 bits per heavy atom. The van der Waals surface area contributed by atoms with Gasteiger partial charge in [0.2, 0.25) is 11.8 Å². The molecule has 2 atom stereocenters. The fraction of sp³-hybridized carbons (Fsp3) is 0.667. The monoisotopic (exact) mass is 241 g/mol. The van der Waals surface area contributed by atoms with Crippen molar-refractivity contribution in [1.82, 2.24) is 10.2 Å². The standard InChI is InChI=1S/C9H15N5O3/c1-5(10)8-12-13-9(17-8)14-2-3-16-4-6(14)7(11)15/h5-6H,2-4,10H2,1H3,(H2,11,15). The first-order valence-electron chi connectivity index (χ1n) is 5.32. The van der Waals surface area contributed by atoms with Gasteiger partial charge in [-0.3, -0.25) is 4.79 Å². The molecule has 1 aromatic heterocycles. The molecule has 2 unspecified atom stereocenters. The Morgan fingerprint density at radius 2 is 2.35 bits per heavy atom. The molecule has 0 saturated carbocycles. The number of carbonyl (C=O) groups excluding carboxylic acids is 1. The molecule has 17 heavy (non-hydrogen) atoms. The number of nitrogens with two attached hydrogens (primary N) is 2. The van der Waals surface area contributed by atoms with Crippen LogP contribution in [0.4, 0.5) is 6.01 Å². The SMILES string of the molecule is CC(N)c1nnc(N2CCOCC2C(N)=O)o1. The molecule has 4 N–H and O–H groups in total. The van der Waals surface area contributed by atoms with Crippen molar-refractivity contribution >= 4 is 11.9 Å². The van der Waals surface area contributed by atoms with Gasteiger partial charge in [-0.05, 0) is 6.92 Å². The maximum atomic E-state index is 11.3. The third-order valence-electron chi connectivity index (χ3n) is 2.52. The molecule has 1 saturated heterocycles. The van der Waals surface area contributed by atoms with Crippen LogP contribution in [0.3, 0.4) is 0 Å². The Morgan fingerprint density at radius 1 is 1.59 bits per heavy atom. The van der Waals surface area contributed by atoms with Crippen molar-refractivity contribution in [2.45, 2.75) is 19.0 Å². The highest BCUT2D eigenvalue weighted by Crippen LogP contribution is 2.20. The zero-order valence-corrected chi connectivity index (χ0v) is 9.50. The highest BCUT2D eigenvalue weighted by Gasteiger charge is 2.31. The van der Waals surface area contributed by atoms with Gasteiger partial charge in [0.05, 0.1) is 19.3 Å². The molecule has 94 valence electrons. The number of carbonyl (C=O) groups is 1. The van der Waals surface area contributed by atoms with E-state index in [0.29, 0.717) is 19.0 Å². The number of anilines is 1. The molecule has 0 aliphatic carbocycles. The van der Waals surface area contributed by atoms with Crippen LogP contribution < -0.4 is 16.4 Å². The summed E-state index contributed by atoms with van der Waals surface area (Å²) in [5.41, 5.74) is 10.9. The highest BCUT2D eigenvalue weighted by molar-refractivity contribution is 5.83. The Labute approximate surface area is 97.9 Å². The van der Waals surface area contributed by atoms with Crippen LogP contribution in [0.5, 0.6) is 0 Å². The highest BCUT2D eigenvalue weighted by atomic mass is 16.5. The molecule has 1 aromatic rings. The molecule has 1 aliphatic rings. The maximum absolute atomic E-state index is 11.3. The summed E-state index contributed by atoms with van der Waals surface area (Å²) < 4.78 is 10.6. The Balaban J connectivity index is 2.20. The lowest BCUT2D eigenvalue weighted by Crippen LogP contribution is -2.52. The average Bonchev–Trinajstić information content (AvgIpc) is 2.78. The first-order valence-corrected chi connectivity index (χ1v) is 5.32. The van der Waals surface area contributed by atoms with Gasteiger partial charge in [-0.15, -0.1) is 5.10 Å². The van der Waals surface area contributed by atoms with E-state index in [1.165, 1.54) is 0 Å². The van der Waals surface area contributed by atoms with E-state index in [2.05, 4.69) is 10.2 Å². The summed E-state index contributed by atoms with van der Waals surface area (Å²) >= 11 is 0. The molecule has 2 heterocycles. The quantitative estimate of drug-likeness (QED) is 0.680. The third-order valence-corrected chi connectivity index (χ3v) is 2.52. The van der Waals surface area contributed by atoms with Crippen LogP contribution in [0.2, 0.25) is 0 Å². The molecule has 0 bridgehead atoms. The first-order chi connectivity index (χ1) is 8.09. The van der Waals surface area contributed by atoms with E-state index in [4.69, 9.17) is 20.6 Å². The molecular formula is C9H15N5O3. The topological polar surface area (TPSA) is 120 Å². The van der Waals surface area contributed by atoms with Crippen molar-refractivity contribution in [3.8, 4) is 0 Å². The van der Waals surface area contributed by atoms with Gasteiger partial charge in [-0.2, -0.15) is 0 Å². The number of primary amides is 1. The zero-order valence-electron chi connectivity index (χ0n) is 9.50. The van der Waals surface area contributed by atoms with E-state index in [0.717, 1.165) is 0 Å². The predicted octanol–water partition coefficient (Wildman–Crippen LogP) is -1.22. The second-order valence-electron chi connectivity index (χ2n) is 3.90. The number of hydrogen-bond acceptors (Lipinski definition) is 7. The van der Waals surface area contributed by atoms with E-state index in [1.54, 1.807) is 11.8 Å². The molecule has 1 fully saturated rings. The molecular weight excluding hydrogens is 226 g/mol. The molecule has 0 radical (unpaired) electrons. The molecule has 1 amide bonds. The summed E-state index contributed by atoms with van der Waals surface area (Å²) in [4.78, 5) is 12.9. The lowest BCUT2D eigenvalue weighted by molar-refractivity contribution is -0.121. The molecule has 2 rings (SSSR count). The van der Waals surface area contributed by atoms with E-state index in [9.17, 15) is 4.79 Å². The minimum Gasteiger partial charge on any atom is -0.406 e. The third kappa shape index (κ3) is 2.37. The molecule has 8 heteroatoms. The molecule has 1 aliphatic heterocycles. The number of nitrogens with zero attached hydrogens (tertiary/aromatic N) is 3. The molecule has 8 nitrogen and oxygen atoms in total. The second-order valence-corrected chi connectivity index (χ2v) is 3.90. The molecule has 0 spiro atoms. The van der Waals surface area contributed by atoms with Crippen LogP contribution in [-0.2, 0) is 9.53 Å². The van der Waals surface area contributed by atoms with Gasteiger partial charge in [-0.25, -0.2) is 0 Å². The van der Waals surface area contributed by atoms with Crippen LogP contribution >= 0.6 is 0 Å². The van der Waals surface area contributed by atoms with E-state index >= 15 is 0 Å². The number of hydrogen-bond donors (Lipinski definition) is 2. The number of morpholine rings is 1. The van der Waals surface area contributed by atoms with Gasteiger partial charge in [0, 0.05) is 6.54 Å². The minimum absolute atomic E-state index is 0.227. The number of amides is 1. The van der Waals surface area contributed by atoms with Gasteiger partial charge in [0.15, 0.2) is 0 Å². The largest absolute Gasteiger partial charge is 0.406 e. The fourth-order valence-corrected chi connectivity index (χ4v) is 1.59. The van der Waals surface area contributed by atoms with Crippen molar-refractivity contribution in [2.24, 2.45) is 11.5 Å². The van der Waals surface area contributed by atoms with Crippen LogP contribution in [0.25, 0.3) is 0 Å². The zero-order chi connectivity index (χ0) is 12.4. The maximum Gasteiger partial charge on any atom is 0.319 e. The number of aromatic nitrogens is 2. The van der Waals surface area contributed by atoms with Gasteiger partial charge in [0.1, 0.15) is 6.04 Å². The molecule has 0 aromatic carbocycles. The lowest BCUT2D eigenvalue weighted by atomic mass is 10.2. The van der Waals surface area contributed by atoms with E-state index < -0.39 is 11.9 Å². The Kier molecular flexibility index (Phi) is 3.25. The van der Waals surface area contributed by atoms with Gasteiger partial charge < -0.3 is 25.5 Å². The first kappa shape index (κ1) is 11.8. The Bertz CT molecular complexity index is 405. The number of ether oxygens (including phenoxy) is 1. The van der Waals surface area contributed by atoms with Crippen molar-refractivity contribution in [1.29, 1.82) is 0 Å². The predicted molar refractivity (Wildman–Crippen MR) is 58.0 cm³/mol. The van der Waals surface area contributed by atoms with E-state index in [-0.39, 0.29) is 18.7 Å². The summed E-state index contributed by atoms with van der Waals surface area (Å²) in [5, 5.41) is 7.67. The van der Waals surface area contributed by atoms with Crippen molar-refractivity contribution in [2.75, 3.05) is 24.7 Å². The summed E-state index contributed by atoms with van der Waals surface area (Å²) in [6, 6.07) is -0.668. The normalized spacial score (nSPS) is 22.5. The summed E-state index contributed by atoms with van der Waals surface area (Å²) in [7, 11) is 0. The van der Waals surface area contributed by atoms with Crippen LogP contribution in [0.1, 0.15) is 18.9 Å². The van der Waals surface area contributed by atoms with Crippen molar-refractivity contribution in [3.05, 3.63) is 5.89 Å².